The Balaban J connectivity index is 1.59. The second kappa shape index (κ2) is 35.3. The third-order valence-corrected chi connectivity index (χ3v) is 12.6. The summed E-state index contributed by atoms with van der Waals surface area (Å²) in [7, 11) is -4.74. The molecule has 2 aromatic rings. The largest absolute Gasteiger partial charge is 0.480 e. The molecule has 0 amide bonds. The minimum Gasteiger partial charge on any atom is -0.480 e. The summed E-state index contributed by atoms with van der Waals surface area (Å²) >= 11 is 0. The van der Waals surface area contributed by atoms with E-state index >= 15 is 0 Å². The van der Waals surface area contributed by atoms with Gasteiger partial charge in [0.1, 0.15) is 35.7 Å². The van der Waals surface area contributed by atoms with Crippen LogP contribution < -0.4 is 5.73 Å². The molecule has 4 N–H and O–H groups in total. The summed E-state index contributed by atoms with van der Waals surface area (Å²) in [6.45, 7) is 6.99. The van der Waals surface area contributed by atoms with Gasteiger partial charge in [0.05, 0.1) is 13.2 Å². The molecule has 0 bridgehead atoms. The predicted molar refractivity (Wildman–Crippen MR) is 251 cm³/mol. The Kier molecular flexibility index (Phi) is 31.5. The Bertz CT molecular complexity index is 1590. The Morgan fingerprint density at radius 1 is 0.578 bits per heavy atom. The van der Waals surface area contributed by atoms with Gasteiger partial charge < -0.3 is 34.0 Å². The fraction of sp³-hybridized carbons (Fsp3) is 0.780. The fourth-order valence-electron chi connectivity index (χ4n) is 7.69. The summed E-state index contributed by atoms with van der Waals surface area (Å²) in [6.07, 6.45) is 29.5. The van der Waals surface area contributed by atoms with Crippen molar-refractivity contribution in [3.05, 3.63) is 46.3 Å². The zero-order valence-corrected chi connectivity index (χ0v) is 41.0. The highest BCUT2D eigenvalue weighted by Crippen LogP contribution is 2.43. The molecule has 0 saturated heterocycles. The Hall–Kier alpha value is -2.96. The van der Waals surface area contributed by atoms with E-state index in [2.05, 4.69) is 44.4 Å². The Morgan fingerprint density at radius 2 is 0.969 bits per heavy atom. The predicted octanol–water partition coefficient (Wildman–Crippen LogP) is 12.5. The van der Waals surface area contributed by atoms with Crippen molar-refractivity contribution in [1.29, 1.82) is 0 Å². The molecule has 0 saturated carbocycles. The van der Waals surface area contributed by atoms with Crippen LogP contribution in [0.15, 0.2) is 21.0 Å². The van der Waals surface area contributed by atoms with E-state index < -0.39 is 51.1 Å². The summed E-state index contributed by atoms with van der Waals surface area (Å²) < 4.78 is 45.1. The summed E-state index contributed by atoms with van der Waals surface area (Å²) in [5, 5.41) is 8.93. The van der Waals surface area contributed by atoms with E-state index in [0.29, 0.717) is 12.8 Å². The van der Waals surface area contributed by atoms with Crippen molar-refractivity contribution < 1.29 is 56.3 Å². The van der Waals surface area contributed by atoms with Crippen molar-refractivity contribution in [2.75, 3.05) is 19.8 Å². The molecule has 0 aliphatic carbocycles. The number of unbranched alkanes of at least 4 members (excludes halogenated alkanes) is 20. The van der Waals surface area contributed by atoms with E-state index in [9.17, 15) is 23.8 Å². The number of aliphatic carboxylic acids is 1. The minimum absolute atomic E-state index is 0.139. The van der Waals surface area contributed by atoms with Gasteiger partial charge in [-0.05, 0) is 75.6 Å². The minimum atomic E-state index is -4.74. The average molecular weight is 924 g/mol. The van der Waals surface area contributed by atoms with Gasteiger partial charge in [0.15, 0.2) is 6.10 Å². The molecule has 13 nitrogen and oxygen atoms in total. The van der Waals surface area contributed by atoms with E-state index in [4.69, 9.17) is 33.7 Å². The number of phosphoric acid groups is 1. The zero-order chi connectivity index (χ0) is 46.8. The van der Waals surface area contributed by atoms with Gasteiger partial charge in [0.25, 0.3) is 0 Å². The number of phosphoric ester groups is 1. The Morgan fingerprint density at radius 3 is 1.41 bits per heavy atom. The van der Waals surface area contributed by atoms with Gasteiger partial charge in [0, 0.05) is 38.5 Å². The van der Waals surface area contributed by atoms with Crippen LogP contribution in [0.3, 0.4) is 0 Å². The van der Waals surface area contributed by atoms with Crippen molar-refractivity contribution in [3.8, 4) is 0 Å². The van der Waals surface area contributed by atoms with Crippen molar-refractivity contribution in [2.24, 2.45) is 5.73 Å². The second-order valence-electron chi connectivity index (χ2n) is 17.7. The summed E-state index contributed by atoms with van der Waals surface area (Å²) in [4.78, 5) is 46.3. The Labute approximate surface area is 385 Å². The number of ether oxygens (including phenoxy) is 2. The molecular weight excluding hydrogens is 838 g/mol. The number of hydrogen-bond donors (Lipinski definition) is 3. The van der Waals surface area contributed by atoms with Gasteiger partial charge >= 0.3 is 25.7 Å². The number of esters is 2. The first-order chi connectivity index (χ1) is 30.8. The number of carbonyl (C=O) groups is 3. The molecule has 368 valence electrons. The first-order valence-electron chi connectivity index (χ1n) is 24.9. The van der Waals surface area contributed by atoms with Crippen molar-refractivity contribution in [2.45, 2.75) is 232 Å². The molecule has 2 aromatic heterocycles. The summed E-state index contributed by atoms with van der Waals surface area (Å²) in [5.41, 5.74) is 7.90. The van der Waals surface area contributed by atoms with E-state index in [1.165, 1.54) is 81.8 Å². The standard InChI is InChI=1S/C50H86NO12P/c1-5-7-23-29-42-35-40(3)46(61-42)31-25-19-15-11-9-10-12-17-21-27-33-48(52)58-37-44(38-59-64(56,57)60-39-45(51)50(54)55)63-49(53)34-28-22-18-14-13-16-20-26-32-47-41(4)36-43(62-47)30-24-8-6-2/h35-36,44-45H,5-34,37-39,51H2,1-4H3,(H,54,55)(H,56,57). The van der Waals surface area contributed by atoms with E-state index in [1.807, 2.05) is 0 Å². The molecule has 0 aromatic carbocycles. The van der Waals surface area contributed by atoms with Gasteiger partial charge in [-0.25, -0.2) is 4.57 Å². The van der Waals surface area contributed by atoms with Crippen LogP contribution in [-0.4, -0.2) is 59.9 Å². The highest BCUT2D eigenvalue weighted by molar-refractivity contribution is 7.47. The smallest absolute Gasteiger partial charge is 0.472 e. The maximum Gasteiger partial charge on any atom is 0.472 e. The quantitative estimate of drug-likeness (QED) is 0.0323. The average Bonchev–Trinajstić information content (AvgIpc) is 3.80. The van der Waals surface area contributed by atoms with E-state index in [1.54, 1.807) is 0 Å². The molecule has 2 heterocycles. The zero-order valence-electron chi connectivity index (χ0n) is 40.1. The molecule has 0 aliphatic heterocycles. The third-order valence-electron chi connectivity index (χ3n) is 11.7. The number of carboxylic acids is 1. The molecular formula is C50H86NO12P. The van der Waals surface area contributed by atoms with Crippen LogP contribution in [0.2, 0.25) is 0 Å². The third kappa shape index (κ3) is 28.2. The number of nitrogens with two attached hydrogens (primary N) is 1. The van der Waals surface area contributed by atoms with Crippen molar-refractivity contribution in [1.82, 2.24) is 0 Å². The normalized spacial score (nSPS) is 13.5. The number of carbonyl (C=O) groups excluding carboxylic acids is 2. The highest BCUT2D eigenvalue weighted by Gasteiger charge is 2.28. The maximum absolute atomic E-state index is 12.7. The topological polar surface area (TPSA) is 198 Å². The molecule has 0 aliphatic rings. The molecule has 14 heteroatoms. The second-order valence-corrected chi connectivity index (χ2v) is 19.2. The lowest BCUT2D eigenvalue weighted by Gasteiger charge is -2.20. The number of aryl methyl sites for hydroxylation is 6. The highest BCUT2D eigenvalue weighted by atomic mass is 31.2. The first-order valence-corrected chi connectivity index (χ1v) is 26.4. The lowest BCUT2D eigenvalue weighted by atomic mass is 10.0. The molecule has 3 unspecified atom stereocenters. The van der Waals surface area contributed by atoms with Gasteiger partial charge in [-0.1, -0.05) is 129 Å². The number of hydrogen-bond acceptors (Lipinski definition) is 11. The number of rotatable bonds is 42. The van der Waals surface area contributed by atoms with Crippen LogP contribution in [0.4, 0.5) is 0 Å². The SMILES string of the molecule is CCCCCc1cc(C)c(CCCCCCCCCCCCC(=O)OCC(COP(=O)(O)OCC(N)C(=O)O)OC(=O)CCCCCCCCCCc2oc(CCCCC)cc2C)o1. The van der Waals surface area contributed by atoms with Crippen LogP contribution in [0.5, 0.6) is 0 Å². The van der Waals surface area contributed by atoms with Gasteiger partial charge in [-0.2, -0.15) is 0 Å². The number of carboxylic acid groups (broad SMARTS) is 1. The van der Waals surface area contributed by atoms with E-state index in [0.717, 1.165) is 119 Å². The molecule has 3 atom stereocenters. The molecule has 2 rings (SSSR count). The lowest BCUT2D eigenvalue weighted by molar-refractivity contribution is -0.161. The molecule has 0 radical (unpaired) electrons. The van der Waals surface area contributed by atoms with Crippen molar-refractivity contribution in [3.63, 3.8) is 0 Å². The molecule has 0 fully saturated rings. The van der Waals surface area contributed by atoms with Crippen molar-refractivity contribution >= 4 is 25.7 Å². The van der Waals surface area contributed by atoms with Crippen LogP contribution in [0.1, 0.15) is 215 Å². The summed E-state index contributed by atoms with van der Waals surface area (Å²) in [5.74, 6) is 2.10. The van der Waals surface area contributed by atoms with E-state index in [-0.39, 0.29) is 19.4 Å². The van der Waals surface area contributed by atoms with Crippen LogP contribution in [-0.2, 0) is 63.2 Å². The first kappa shape index (κ1) is 57.2. The van der Waals surface area contributed by atoms with Gasteiger partial charge in [0.2, 0.25) is 0 Å². The lowest BCUT2D eigenvalue weighted by Crippen LogP contribution is -2.34. The monoisotopic (exact) mass is 924 g/mol. The molecule has 64 heavy (non-hydrogen) atoms. The number of furan rings is 2. The maximum atomic E-state index is 12.7. The van der Waals surface area contributed by atoms with Crippen LogP contribution in [0.25, 0.3) is 0 Å². The van der Waals surface area contributed by atoms with Gasteiger partial charge in [-0.15, -0.1) is 0 Å². The van der Waals surface area contributed by atoms with Crippen LogP contribution >= 0.6 is 7.82 Å². The van der Waals surface area contributed by atoms with Crippen LogP contribution in [0, 0.1) is 13.8 Å². The van der Waals surface area contributed by atoms with Gasteiger partial charge in [-0.3, -0.25) is 23.4 Å². The molecule has 0 spiro atoms. The fourth-order valence-corrected chi connectivity index (χ4v) is 8.46. The summed E-state index contributed by atoms with van der Waals surface area (Å²) in [6, 6.07) is 2.87.